The van der Waals surface area contributed by atoms with Crippen molar-refractivity contribution in [1.82, 2.24) is 5.32 Å². The van der Waals surface area contributed by atoms with E-state index in [0.29, 0.717) is 29.9 Å². The van der Waals surface area contributed by atoms with Crippen molar-refractivity contribution >= 4 is 33.5 Å². The number of carboxylic acids is 1. The highest BCUT2D eigenvalue weighted by molar-refractivity contribution is 7.99. The highest BCUT2D eigenvalue weighted by Gasteiger charge is 2.41. The number of carbonyl (C=O) groups excluding carboxylic acids is 1. The molecule has 0 spiro atoms. The van der Waals surface area contributed by atoms with Gasteiger partial charge in [-0.05, 0) is 49.0 Å². The largest absolute Gasteiger partial charge is 0.480 e. The van der Waals surface area contributed by atoms with E-state index in [4.69, 9.17) is 0 Å². The molecule has 23 heavy (non-hydrogen) atoms. The molecule has 0 radical (unpaired) electrons. The number of sulfone groups is 1. The molecule has 1 heterocycles. The molecule has 0 aromatic heterocycles. The number of carbonyl (C=O) groups is 2. The van der Waals surface area contributed by atoms with Gasteiger partial charge in [-0.25, -0.2) is 13.2 Å². The molecule has 1 aromatic carbocycles. The van der Waals surface area contributed by atoms with Crippen molar-refractivity contribution < 1.29 is 23.1 Å². The Morgan fingerprint density at radius 3 is 2.39 bits per heavy atom. The first-order valence-corrected chi connectivity index (χ1v) is 10.1. The van der Waals surface area contributed by atoms with E-state index in [1.807, 2.05) is 0 Å². The van der Waals surface area contributed by atoms with Crippen LogP contribution in [0, 0.1) is 6.92 Å². The summed E-state index contributed by atoms with van der Waals surface area (Å²) in [5, 5.41) is 12.1. The molecule has 126 valence electrons. The molecule has 1 saturated heterocycles. The van der Waals surface area contributed by atoms with Gasteiger partial charge < -0.3 is 10.4 Å². The molecule has 0 bridgehead atoms. The second-order valence-electron chi connectivity index (χ2n) is 5.70. The predicted molar refractivity (Wildman–Crippen MR) is 88.7 cm³/mol. The predicted octanol–water partition coefficient (Wildman–Crippen LogP) is 1.48. The number of amides is 1. The number of aliphatic carboxylic acids is 1. The van der Waals surface area contributed by atoms with Crippen molar-refractivity contribution in [2.75, 3.05) is 17.8 Å². The van der Waals surface area contributed by atoms with Crippen LogP contribution in [0.15, 0.2) is 23.1 Å². The number of aryl methyl sites for hydroxylation is 1. The van der Waals surface area contributed by atoms with Crippen LogP contribution in [0.2, 0.25) is 0 Å². The van der Waals surface area contributed by atoms with Crippen LogP contribution in [-0.4, -0.2) is 48.7 Å². The maximum atomic E-state index is 12.5. The lowest BCUT2D eigenvalue weighted by Gasteiger charge is -2.33. The summed E-state index contributed by atoms with van der Waals surface area (Å²) in [5.74, 6) is -0.283. The summed E-state index contributed by atoms with van der Waals surface area (Å²) in [6, 6.07) is 4.29. The third-order valence-corrected chi connectivity index (χ3v) is 6.09. The van der Waals surface area contributed by atoms with Crippen LogP contribution in [0.25, 0.3) is 0 Å². The molecule has 8 heteroatoms. The van der Waals surface area contributed by atoms with Gasteiger partial charge in [-0.2, -0.15) is 11.8 Å². The monoisotopic (exact) mass is 357 g/mol. The molecule has 2 rings (SSSR count). The van der Waals surface area contributed by atoms with Gasteiger partial charge in [0.05, 0.1) is 4.90 Å². The van der Waals surface area contributed by atoms with Crippen molar-refractivity contribution in [2.24, 2.45) is 0 Å². The third-order valence-electron chi connectivity index (χ3n) is 3.99. The van der Waals surface area contributed by atoms with Crippen molar-refractivity contribution in [2.45, 2.75) is 30.2 Å². The van der Waals surface area contributed by atoms with Gasteiger partial charge in [0.1, 0.15) is 5.54 Å². The molecule has 1 amide bonds. The zero-order valence-corrected chi connectivity index (χ0v) is 14.6. The highest BCUT2D eigenvalue weighted by Crippen LogP contribution is 2.28. The number of benzene rings is 1. The number of thioether (sulfide) groups is 1. The fraction of sp³-hybridized carbons (Fsp3) is 0.467. The van der Waals surface area contributed by atoms with E-state index < -0.39 is 27.3 Å². The molecule has 1 fully saturated rings. The zero-order valence-electron chi connectivity index (χ0n) is 13.0. The molecule has 1 aliphatic rings. The second kappa shape index (κ2) is 6.52. The smallest absolute Gasteiger partial charge is 0.329 e. The first-order chi connectivity index (χ1) is 10.7. The molecular weight excluding hydrogens is 338 g/mol. The standard InChI is InChI=1S/C15H19NO5S2/c1-10-3-4-11(23(2,20)21)9-12(10)13(17)16-15(14(18)19)5-7-22-8-6-15/h3-4,9H,5-8H2,1-2H3,(H,16,17)(H,18,19). The van der Waals surface area contributed by atoms with Gasteiger partial charge in [0.25, 0.3) is 5.91 Å². The topological polar surface area (TPSA) is 101 Å². The van der Waals surface area contributed by atoms with E-state index in [2.05, 4.69) is 5.32 Å². The highest BCUT2D eigenvalue weighted by atomic mass is 32.2. The van der Waals surface area contributed by atoms with E-state index >= 15 is 0 Å². The van der Waals surface area contributed by atoms with E-state index in [1.54, 1.807) is 24.8 Å². The quantitative estimate of drug-likeness (QED) is 0.846. The molecule has 0 atom stereocenters. The first-order valence-electron chi connectivity index (χ1n) is 7.10. The van der Waals surface area contributed by atoms with E-state index in [0.717, 1.165) is 6.26 Å². The second-order valence-corrected chi connectivity index (χ2v) is 8.94. The Morgan fingerprint density at radius 1 is 1.26 bits per heavy atom. The fourth-order valence-corrected chi connectivity index (χ4v) is 4.31. The summed E-state index contributed by atoms with van der Waals surface area (Å²) in [6.45, 7) is 1.69. The van der Waals surface area contributed by atoms with E-state index in [9.17, 15) is 23.1 Å². The normalized spacial score (nSPS) is 17.5. The lowest BCUT2D eigenvalue weighted by Crippen LogP contribution is -2.56. The summed E-state index contributed by atoms with van der Waals surface area (Å²) in [4.78, 5) is 24.2. The Balaban J connectivity index is 2.35. The summed E-state index contributed by atoms with van der Waals surface area (Å²) < 4.78 is 23.3. The number of hydrogen-bond donors (Lipinski definition) is 2. The summed E-state index contributed by atoms with van der Waals surface area (Å²) >= 11 is 1.65. The minimum atomic E-state index is -3.44. The maximum Gasteiger partial charge on any atom is 0.329 e. The summed E-state index contributed by atoms with van der Waals surface area (Å²) in [5.41, 5.74) is -0.497. The number of nitrogens with one attached hydrogen (secondary N) is 1. The van der Waals surface area contributed by atoms with E-state index in [1.165, 1.54) is 12.1 Å². The van der Waals surface area contributed by atoms with Crippen molar-refractivity contribution in [1.29, 1.82) is 0 Å². The Bertz CT molecular complexity index is 736. The minimum absolute atomic E-state index is 0.0387. The Hall–Kier alpha value is -1.54. The van der Waals surface area contributed by atoms with Crippen molar-refractivity contribution in [3.63, 3.8) is 0 Å². The maximum absolute atomic E-state index is 12.5. The molecule has 1 aliphatic heterocycles. The third kappa shape index (κ3) is 3.87. The molecule has 0 unspecified atom stereocenters. The van der Waals surface area contributed by atoms with Crippen LogP contribution in [0.5, 0.6) is 0 Å². The van der Waals surface area contributed by atoms with Crippen molar-refractivity contribution in [3.8, 4) is 0 Å². The van der Waals surface area contributed by atoms with Crippen LogP contribution in [0.1, 0.15) is 28.8 Å². The van der Waals surface area contributed by atoms with Crippen LogP contribution in [0.4, 0.5) is 0 Å². The average molecular weight is 357 g/mol. The number of hydrogen-bond acceptors (Lipinski definition) is 5. The molecule has 2 N–H and O–H groups in total. The van der Waals surface area contributed by atoms with Gasteiger partial charge in [-0.3, -0.25) is 4.79 Å². The van der Waals surface area contributed by atoms with Crippen LogP contribution in [0.3, 0.4) is 0 Å². The van der Waals surface area contributed by atoms with Gasteiger partial charge in [0.15, 0.2) is 9.84 Å². The van der Waals surface area contributed by atoms with Gasteiger partial charge >= 0.3 is 5.97 Å². The minimum Gasteiger partial charge on any atom is -0.480 e. The average Bonchev–Trinajstić information content (AvgIpc) is 2.47. The Morgan fingerprint density at radius 2 is 1.87 bits per heavy atom. The molecule has 0 saturated carbocycles. The van der Waals surface area contributed by atoms with Crippen LogP contribution in [-0.2, 0) is 14.6 Å². The van der Waals surface area contributed by atoms with Gasteiger partial charge in [-0.15, -0.1) is 0 Å². The summed E-state index contributed by atoms with van der Waals surface area (Å²) in [6.07, 6.45) is 1.77. The van der Waals surface area contributed by atoms with Gasteiger partial charge in [0, 0.05) is 11.8 Å². The lowest BCUT2D eigenvalue weighted by molar-refractivity contribution is -0.144. The van der Waals surface area contributed by atoms with Gasteiger partial charge in [0.2, 0.25) is 0 Å². The number of carboxylic acid groups (broad SMARTS) is 1. The van der Waals surface area contributed by atoms with Crippen LogP contribution >= 0.6 is 11.8 Å². The van der Waals surface area contributed by atoms with Crippen molar-refractivity contribution in [3.05, 3.63) is 29.3 Å². The SMILES string of the molecule is Cc1ccc(S(C)(=O)=O)cc1C(=O)NC1(C(=O)O)CCSCC1. The van der Waals surface area contributed by atoms with Crippen LogP contribution < -0.4 is 5.32 Å². The molecule has 1 aromatic rings. The fourth-order valence-electron chi connectivity index (χ4n) is 2.47. The lowest BCUT2D eigenvalue weighted by atomic mass is 9.91. The Labute approximate surface area is 139 Å². The van der Waals surface area contributed by atoms with E-state index in [-0.39, 0.29) is 10.5 Å². The molecule has 6 nitrogen and oxygen atoms in total. The van der Waals surface area contributed by atoms with Gasteiger partial charge in [-0.1, -0.05) is 6.07 Å². The molecule has 0 aliphatic carbocycles. The summed E-state index contributed by atoms with van der Waals surface area (Å²) in [7, 11) is -3.44. The number of rotatable bonds is 4. The first kappa shape index (κ1) is 17.8. The molecular formula is C15H19NO5S2. The zero-order chi connectivity index (χ0) is 17.3. The Kier molecular flexibility index (Phi) is 5.05.